The van der Waals surface area contributed by atoms with Gasteiger partial charge in [0.05, 0.1) is 0 Å². The molecule has 0 atom stereocenters. The molecule has 0 heterocycles. The van der Waals surface area contributed by atoms with Crippen molar-refractivity contribution >= 4 is 31.8 Å². The second-order valence-electron chi connectivity index (χ2n) is 6.69. The molecule has 0 bridgehead atoms. The monoisotopic (exact) mass is 498 g/mol. The summed E-state index contributed by atoms with van der Waals surface area (Å²) in [6, 6.07) is 0. The van der Waals surface area contributed by atoms with Crippen LogP contribution in [0.1, 0.15) is 39.5 Å². The minimum absolute atomic E-state index is 0. The van der Waals surface area contributed by atoms with Gasteiger partial charge in [0.2, 0.25) is 0 Å². The smallest absolute Gasteiger partial charge is 0.147 e. The Bertz CT molecular complexity index is 559. The van der Waals surface area contributed by atoms with Gasteiger partial charge in [0.25, 0.3) is 0 Å². The standard InChI is InChI=1S/C9H13.C5H5.2CH3.2ClH.Hf.H2Si/c1-3-8-6-5-7-9(8)4-2;1-2-4-5-3-1;;;;;;/h6H,3-4,7H2,1-2H3;1-3H,4H2;2*1H3;2*1H;;1H2. The molecule has 4 heteroatoms. The van der Waals surface area contributed by atoms with Crippen molar-refractivity contribution in [3.63, 3.8) is 0 Å². The van der Waals surface area contributed by atoms with E-state index in [1.54, 1.807) is 14.5 Å². The summed E-state index contributed by atoms with van der Waals surface area (Å²) in [7, 11) is 0. The Morgan fingerprint density at radius 1 is 1.10 bits per heavy atom. The van der Waals surface area contributed by atoms with Gasteiger partial charge >= 0.3 is 115 Å². The third kappa shape index (κ3) is 3.69. The zero-order valence-corrected chi connectivity index (χ0v) is 19.8. The van der Waals surface area contributed by atoms with Gasteiger partial charge in [-0.15, -0.1) is 24.8 Å². The molecule has 114 valence electrons. The molecule has 0 unspecified atom stereocenters. The van der Waals surface area contributed by atoms with E-state index in [4.69, 9.17) is 0 Å². The van der Waals surface area contributed by atoms with Gasteiger partial charge in [0.15, 0.2) is 0 Å². The van der Waals surface area contributed by atoms with Crippen LogP contribution >= 0.6 is 24.8 Å². The van der Waals surface area contributed by atoms with Crippen LogP contribution in [0, 0.1) is 0 Å². The molecule has 0 radical (unpaired) electrons. The van der Waals surface area contributed by atoms with Gasteiger partial charge in [0, 0.05) is 0 Å². The maximum Gasteiger partial charge on any atom is -0.147 e. The zero-order valence-electron chi connectivity index (χ0n) is 13.2. The molecule has 0 spiro atoms. The number of allylic oxidation sites excluding steroid dienone is 8. The Balaban J connectivity index is 0.00000180. The van der Waals surface area contributed by atoms with Crippen LogP contribution in [0.3, 0.4) is 0 Å². The molecule has 2 aliphatic carbocycles. The summed E-state index contributed by atoms with van der Waals surface area (Å²) in [5.74, 6) is 0. The summed E-state index contributed by atoms with van der Waals surface area (Å²) < 4.78 is 8.87. The van der Waals surface area contributed by atoms with Gasteiger partial charge in [0.1, 0.15) is 0 Å². The first-order valence-electron chi connectivity index (χ1n) is 7.23. The maximum atomic E-state index is 2.63. The largest absolute Gasteiger partial charge is 0.147 e. The van der Waals surface area contributed by atoms with Crippen LogP contribution in [-0.2, 0) is 17.1 Å². The molecule has 0 aromatic rings. The first kappa shape index (κ1) is 20.6. The van der Waals surface area contributed by atoms with Crippen molar-refractivity contribution in [2.75, 3.05) is 0 Å². The van der Waals surface area contributed by atoms with Gasteiger partial charge in [-0.1, -0.05) is 0 Å². The minimum atomic E-state index is -2.88. The van der Waals surface area contributed by atoms with Gasteiger partial charge < -0.3 is 0 Å². The van der Waals surface area contributed by atoms with Crippen LogP contribution in [0.25, 0.3) is 0 Å². The number of halogens is 2. The number of hydrogen-bond acceptors (Lipinski definition) is 0. The Morgan fingerprint density at radius 3 is 2.15 bits per heavy atom. The van der Waals surface area contributed by atoms with Crippen LogP contribution in [0.4, 0.5) is 0 Å². The first-order chi connectivity index (χ1) is 8.37. The number of hydrogen-bond donors (Lipinski definition) is 0. The molecule has 0 nitrogen and oxygen atoms in total. The van der Waals surface area contributed by atoms with E-state index in [-0.39, 0.29) is 24.8 Å². The Hall–Kier alpha value is 0.627. The summed E-state index contributed by atoms with van der Waals surface area (Å²) in [5, 5.41) is 0. The van der Waals surface area contributed by atoms with Gasteiger partial charge in [-0.25, -0.2) is 0 Å². The predicted molar refractivity (Wildman–Crippen MR) is 96.9 cm³/mol. The normalized spacial score (nSPS) is 18.4. The summed E-state index contributed by atoms with van der Waals surface area (Å²) in [6.45, 7) is 6.99. The fourth-order valence-corrected chi connectivity index (χ4v) is 18.8. The van der Waals surface area contributed by atoms with Crippen molar-refractivity contribution in [3.05, 3.63) is 42.1 Å². The molecule has 2 aliphatic rings. The fraction of sp³-hybridized carbons (Fsp3) is 0.500. The van der Waals surface area contributed by atoms with Crippen LogP contribution in [0.15, 0.2) is 42.1 Å². The second-order valence-corrected chi connectivity index (χ2v) is 48.0. The predicted octanol–water partition coefficient (Wildman–Crippen LogP) is 5.41. The minimum Gasteiger partial charge on any atom is -0.147 e. The van der Waals surface area contributed by atoms with E-state index in [1.165, 1.54) is 25.7 Å². The Morgan fingerprint density at radius 2 is 1.75 bits per heavy atom. The molecule has 0 aromatic carbocycles. The summed E-state index contributed by atoms with van der Waals surface area (Å²) in [5.41, 5.74) is 3.34. The van der Waals surface area contributed by atoms with E-state index < -0.39 is 17.1 Å². The van der Waals surface area contributed by atoms with Crippen LogP contribution in [-0.4, -0.2) is 6.94 Å². The Kier molecular flexibility index (Phi) is 7.49. The second kappa shape index (κ2) is 7.26. The molecule has 0 amide bonds. The molecule has 0 saturated carbocycles. The van der Waals surface area contributed by atoms with Gasteiger partial charge in [-0.2, -0.15) is 0 Å². The fourth-order valence-electron chi connectivity index (χ4n) is 3.17. The summed E-state index contributed by atoms with van der Waals surface area (Å²) in [6.07, 6.45) is 14.5. The SMILES string of the molecule is CCC1=C(CC)C[C]([Hf]([CH3])([CH3])(=[SiH2])[C]2=CC=CC2)=C1.Cl.Cl. The molecular weight excluding hydrogens is 470 g/mol. The quantitative estimate of drug-likeness (QED) is 0.456. The van der Waals surface area contributed by atoms with Crippen molar-refractivity contribution in [2.24, 2.45) is 0 Å². The van der Waals surface area contributed by atoms with E-state index >= 15 is 0 Å². The van der Waals surface area contributed by atoms with Crippen molar-refractivity contribution in [3.8, 4) is 0 Å². The topological polar surface area (TPSA) is 0 Å². The average Bonchev–Trinajstić information content (AvgIpc) is 2.98. The van der Waals surface area contributed by atoms with Crippen LogP contribution < -0.4 is 0 Å². The Labute approximate surface area is 139 Å². The third-order valence-electron chi connectivity index (χ3n) is 4.85. The first-order valence-corrected chi connectivity index (χ1v) is 26.3. The van der Waals surface area contributed by atoms with E-state index in [0.717, 1.165) is 0 Å². The van der Waals surface area contributed by atoms with Crippen molar-refractivity contribution in [1.29, 1.82) is 0 Å². The molecular formula is C16H28Cl2HfSi. The molecule has 2 rings (SSSR count). The maximum absolute atomic E-state index is 2.88. The van der Waals surface area contributed by atoms with Crippen LogP contribution in [0.2, 0.25) is 9.36 Å². The molecule has 0 N–H and O–H groups in total. The summed E-state index contributed by atoms with van der Waals surface area (Å²) in [4.78, 5) is 0. The zero-order chi connectivity index (χ0) is 13.4. The average molecular weight is 498 g/mol. The molecule has 0 fully saturated rings. The third-order valence-corrected chi connectivity index (χ3v) is 29.6. The molecule has 0 aliphatic heterocycles. The van der Waals surface area contributed by atoms with Crippen LogP contribution in [0.5, 0.6) is 0 Å². The summed E-state index contributed by atoms with van der Waals surface area (Å²) >= 11 is -2.88. The van der Waals surface area contributed by atoms with Gasteiger partial charge in [-0.05, 0) is 0 Å². The van der Waals surface area contributed by atoms with E-state index in [9.17, 15) is 0 Å². The van der Waals surface area contributed by atoms with E-state index in [0.29, 0.717) is 0 Å². The number of rotatable bonds is 4. The van der Waals surface area contributed by atoms with Crippen molar-refractivity contribution in [1.82, 2.24) is 0 Å². The molecule has 0 aromatic heterocycles. The van der Waals surface area contributed by atoms with E-state index in [1.807, 2.05) is 3.33 Å². The molecule has 0 saturated heterocycles. The van der Waals surface area contributed by atoms with Crippen molar-refractivity contribution in [2.45, 2.75) is 48.9 Å². The van der Waals surface area contributed by atoms with Crippen molar-refractivity contribution < 1.29 is 17.1 Å². The van der Waals surface area contributed by atoms with Gasteiger partial charge in [-0.3, -0.25) is 0 Å². The molecule has 20 heavy (non-hydrogen) atoms. The van der Waals surface area contributed by atoms with E-state index in [2.05, 4.69) is 54.5 Å².